The predicted octanol–water partition coefficient (Wildman–Crippen LogP) is 18.3. The molecule has 0 aliphatic heterocycles. The van der Waals surface area contributed by atoms with Crippen molar-refractivity contribution >= 4 is 19.8 Å². The van der Waals surface area contributed by atoms with Crippen molar-refractivity contribution in [1.29, 1.82) is 0 Å². The Balaban J connectivity index is 4.30. The van der Waals surface area contributed by atoms with Crippen LogP contribution in [-0.2, 0) is 32.7 Å². The van der Waals surface area contributed by atoms with Crippen molar-refractivity contribution in [1.82, 2.24) is 0 Å². The highest BCUT2D eigenvalue weighted by Crippen LogP contribution is 2.43. The zero-order valence-electron chi connectivity index (χ0n) is 48.2. The predicted molar refractivity (Wildman–Crippen MR) is 325 cm³/mol. The lowest BCUT2D eigenvalue weighted by molar-refractivity contribution is -0.870. The van der Waals surface area contributed by atoms with Crippen LogP contribution < -0.4 is 0 Å². The average Bonchev–Trinajstić information content (AvgIpc) is 3.38. The van der Waals surface area contributed by atoms with Gasteiger partial charge in [-0.1, -0.05) is 210 Å². The van der Waals surface area contributed by atoms with Crippen LogP contribution in [0.2, 0.25) is 0 Å². The molecular weight excluding hydrogens is 966 g/mol. The van der Waals surface area contributed by atoms with Gasteiger partial charge in [-0.15, -0.1) is 0 Å². The largest absolute Gasteiger partial charge is 0.472 e. The molecule has 0 aliphatic carbocycles. The van der Waals surface area contributed by atoms with E-state index in [1.165, 1.54) is 0 Å². The minimum atomic E-state index is -4.41. The summed E-state index contributed by atoms with van der Waals surface area (Å²) in [6.45, 7) is 4.10. The number of carbonyl (C=O) groups is 2. The number of ether oxygens (including phenoxy) is 2. The van der Waals surface area contributed by atoms with E-state index in [4.69, 9.17) is 18.5 Å². The molecule has 0 heterocycles. The second kappa shape index (κ2) is 55.1. The van der Waals surface area contributed by atoms with Crippen molar-refractivity contribution in [2.75, 3.05) is 47.5 Å². The Kier molecular flexibility index (Phi) is 51.8. The average molecular weight is 1070 g/mol. The molecule has 1 N–H and O–H groups in total. The van der Waals surface area contributed by atoms with Crippen molar-refractivity contribution < 1.29 is 42.1 Å². The molecule has 10 heteroatoms. The van der Waals surface area contributed by atoms with Crippen molar-refractivity contribution in [2.24, 2.45) is 0 Å². The van der Waals surface area contributed by atoms with Gasteiger partial charge in [0.1, 0.15) is 19.8 Å². The number of rotatable bonds is 50. The topological polar surface area (TPSA) is 108 Å². The van der Waals surface area contributed by atoms with E-state index in [2.05, 4.69) is 184 Å². The van der Waals surface area contributed by atoms with Gasteiger partial charge in [0.25, 0.3) is 0 Å². The Bertz CT molecular complexity index is 1880. The second-order valence-electron chi connectivity index (χ2n) is 19.6. The van der Waals surface area contributed by atoms with Gasteiger partial charge in [0.05, 0.1) is 27.7 Å². The number of likely N-dealkylation sites (N-methyl/N-ethyl adjacent to an activating group) is 1. The summed E-state index contributed by atoms with van der Waals surface area (Å²) in [5.74, 6) is -0.872. The summed E-state index contributed by atoms with van der Waals surface area (Å²) in [7, 11) is 1.41. The van der Waals surface area contributed by atoms with Gasteiger partial charge < -0.3 is 18.9 Å². The standard InChI is InChI=1S/C66H104NO8P/c1-6-8-10-12-14-16-18-20-22-24-25-26-27-28-29-30-31-32-33-34-35-36-37-38-39-40-41-43-45-47-49-51-53-55-57-59-66(69)75-64(63-74-76(70,71)73-61-60-67(3,4)5)62-72-65(68)58-56-54-52-50-48-46-44-42-23-21-19-17-15-13-11-9-7-2/h8-11,14-17,20-23,25-26,28-29,31-32,34-35,37-38,40-41,44-47,64H,6-7,12-13,18-19,24,27,30,33,36,39,42-43,48-63H2,1-5H3/p+1/b10-8-,11-9-,16-14-,17-15-,22-20-,23-21-,26-25-,29-28-,32-31-,35-34-,38-37-,41-40-,46-44-,47-45-. The first-order valence-electron chi connectivity index (χ1n) is 28.9. The number of hydrogen-bond acceptors (Lipinski definition) is 7. The monoisotopic (exact) mass is 1070 g/mol. The molecule has 426 valence electrons. The van der Waals surface area contributed by atoms with Crippen molar-refractivity contribution in [3.05, 3.63) is 170 Å². The molecule has 0 spiro atoms. The molecule has 0 aromatic rings. The number of unbranched alkanes of at least 4 members (excludes halogenated alkanes) is 8. The van der Waals surface area contributed by atoms with Crippen LogP contribution in [0.4, 0.5) is 0 Å². The molecule has 0 radical (unpaired) electrons. The number of carbonyl (C=O) groups excluding carboxylic acids is 2. The summed E-state index contributed by atoms with van der Waals surface area (Å²) >= 11 is 0. The molecule has 0 saturated carbocycles. The molecule has 2 atom stereocenters. The molecular formula is C66H105NO8P+. The quantitative estimate of drug-likeness (QED) is 0.0211. The highest BCUT2D eigenvalue weighted by atomic mass is 31.2. The lowest BCUT2D eigenvalue weighted by Crippen LogP contribution is -2.37. The van der Waals surface area contributed by atoms with Crippen LogP contribution in [0.3, 0.4) is 0 Å². The third-order valence-electron chi connectivity index (χ3n) is 11.2. The van der Waals surface area contributed by atoms with Gasteiger partial charge in [-0.25, -0.2) is 4.57 Å². The van der Waals surface area contributed by atoms with Gasteiger partial charge >= 0.3 is 19.8 Å². The summed E-state index contributed by atoms with van der Waals surface area (Å²) in [6, 6.07) is 0. The third kappa shape index (κ3) is 58.6. The first kappa shape index (κ1) is 71.4. The Labute approximate surface area is 464 Å². The van der Waals surface area contributed by atoms with E-state index < -0.39 is 32.5 Å². The SMILES string of the molecule is CC/C=C\C/C=C\C/C=C\C/C=C\C/C=C\C/C=C\C/C=C\C/C=C\C/C=C\C/C=C\CCCCCCC(=O)OC(COC(=O)CCCCCC/C=C\C/C=C\C/C=C\C/C=C\CC)COP(=O)(O)OCC[N+](C)(C)C. The summed E-state index contributed by atoms with van der Waals surface area (Å²) in [5.41, 5.74) is 0. The maximum Gasteiger partial charge on any atom is 0.472 e. The Morgan fingerprint density at radius 2 is 0.711 bits per heavy atom. The van der Waals surface area contributed by atoms with Crippen LogP contribution in [-0.4, -0.2) is 74.9 Å². The minimum absolute atomic E-state index is 0.0115. The second-order valence-corrected chi connectivity index (χ2v) is 21.0. The highest BCUT2D eigenvalue weighted by molar-refractivity contribution is 7.47. The summed E-state index contributed by atoms with van der Waals surface area (Å²) < 4.78 is 34.5. The maximum atomic E-state index is 12.8. The fraction of sp³-hybridized carbons (Fsp3) is 0.545. The Morgan fingerprint density at radius 3 is 1.04 bits per heavy atom. The molecule has 0 aromatic carbocycles. The van der Waals surface area contributed by atoms with Crippen LogP contribution in [0.5, 0.6) is 0 Å². The van der Waals surface area contributed by atoms with E-state index in [1.807, 2.05) is 21.1 Å². The molecule has 9 nitrogen and oxygen atoms in total. The highest BCUT2D eigenvalue weighted by Gasteiger charge is 2.27. The van der Waals surface area contributed by atoms with Crippen LogP contribution in [0.25, 0.3) is 0 Å². The first-order chi connectivity index (χ1) is 37.0. The fourth-order valence-corrected chi connectivity index (χ4v) is 7.60. The molecule has 0 amide bonds. The molecule has 2 unspecified atom stereocenters. The normalized spacial score (nSPS) is 14.6. The molecule has 0 saturated heterocycles. The lowest BCUT2D eigenvalue weighted by Gasteiger charge is -2.24. The van der Waals surface area contributed by atoms with E-state index in [0.717, 1.165) is 141 Å². The molecule has 0 fully saturated rings. The third-order valence-corrected chi connectivity index (χ3v) is 12.2. The summed E-state index contributed by atoms with van der Waals surface area (Å²) in [6.07, 6.45) is 84.2. The summed E-state index contributed by atoms with van der Waals surface area (Å²) in [4.78, 5) is 35.6. The first-order valence-corrected chi connectivity index (χ1v) is 30.4. The Morgan fingerprint density at radius 1 is 0.408 bits per heavy atom. The van der Waals surface area contributed by atoms with E-state index in [1.54, 1.807) is 0 Å². The maximum absolute atomic E-state index is 12.8. The van der Waals surface area contributed by atoms with Crippen molar-refractivity contribution in [2.45, 2.75) is 187 Å². The van der Waals surface area contributed by atoms with Gasteiger partial charge in [-0.2, -0.15) is 0 Å². The van der Waals surface area contributed by atoms with Crippen molar-refractivity contribution in [3.8, 4) is 0 Å². The number of phosphoric acid groups is 1. The molecule has 0 rings (SSSR count). The molecule has 0 bridgehead atoms. The summed E-state index contributed by atoms with van der Waals surface area (Å²) in [5, 5.41) is 0. The zero-order chi connectivity index (χ0) is 55.6. The minimum Gasteiger partial charge on any atom is -0.462 e. The van der Waals surface area contributed by atoms with Gasteiger partial charge in [0, 0.05) is 12.8 Å². The van der Waals surface area contributed by atoms with Crippen LogP contribution in [0.1, 0.15) is 181 Å². The number of hydrogen-bond donors (Lipinski definition) is 1. The van der Waals surface area contributed by atoms with Crippen LogP contribution in [0, 0.1) is 0 Å². The smallest absolute Gasteiger partial charge is 0.462 e. The number of quaternary nitrogens is 1. The number of esters is 2. The van der Waals surface area contributed by atoms with Gasteiger partial charge in [-0.3, -0.25) is 18.6 Å². The van der Waals surface area contributed by atoms with E-state index in [9.17, 15) is 19.0 Å². The number of phosphoric ester groups is 1. The zero-order valence-corrected chi connectivity index (χ0v) is 49.1. The lowest BCUT2D eigenvalue weighted by atomic mass is 10.1. The van der Waals surface area contributed by atoms with Crippen LogP contribution in [0.15, 0.2) is 170 Å². The van der Waals surface area contributed by atoms with Crippen molar-refractivity contribution in [3.63, 3.8) is 0 Å². The van der Waals surface area contributed by atoms with E-state index >= 15 is 0 Å². The van der Waals surface area contributed by atoms with Gasteiger partial charge in [0.15, 0.2) is 6.10 Å². The fourth-order valence-electron chi connectivity index (χ4n) is 6.86. The molecule has 0 aliphatic rings. The Hall–Kier alpha value is -4.63. The van der Waals surface area contributed by atoms with E-state index in [0.29, 0.717) is 23.9 Å². The van der Waals surface area contributed by atoms with Crippen LogP contribution >= 0.6 is 7.82 Å². The number of nitrogens with zero attached hydrogens (tertiary/aromatic N) is 1. The van der Waals surface area contributed by atoms with E-state index in [-0.39, 0.29) is 26.1 Å². The number of allylic oxidation sites excluding steroid dienone is 28. The van der Waals surface area contributed by atoms with Gasteiger partial charge in [0.2, 0.25) is 0 Å². The molecule has 76 heavy (non-hydrogen) atoms. The molecule has 0 aromatic heterocycles. The van der Waals surface area contributed by atoms with Gasteiger partial charge in [-0.05, 0) is 128 Å².